The number of carboxylic acids is 1. The molecule has 0 radical (unpaired) electrons. The largest absolute Gasteiger partial charge is 0.480 e. The van der Waals surface area contributed by atoms with Crippen LogP contribution in [0.1, 0.15) is 44.6 Å². The lowest BCUT2D eigenvalue weighted by atomic mass is 9.85. The van der Waals surface area contributed by atoms with Crippen molar-refractivity contribution in [1.82, 2.24) is 15.1 Å². The van der Waals surface area contributed by atoms with Gasteiger partial charge in [-0.2, -0.15) is 0 Å². The molecule has 1 aliphatic carbocycles. The summed E-state index contributed by atoms with van der Waals surface area (Å²) in [6.07, 6.45) is 5.87. The first-order valence-corrected chi connectivity index (χ1v) is 10.1. The number of carbonyl (C=O) groups excluding carboxylic acids is 1. The van der Waals surface area contributed by atoms with Crippen LogP contribution in [-0.2, 0) is 11.2 Å². The average Bonchev–Trinajstić information content (AvgIpc) is 2.63. The van der Waals surface area contributed by atoms with Crippen LogP contribution in [0.25, 0.3) is 0 Å². The topological polar surface area (TPSA) is 72.9 Å². The number of carbonyl (C=O) groups is 2. The fraction of sp³-hybridized carbons (Fsp3) is 0.619. The molecule has 2 amide bonds. The Morgan fingerprint density at radius 3 is 2.63 bits per heavy atom. The number of carboxylic acid groups (broad SMARTS) is 1. The van der Waals surface area contributed by atoms with Crippen LogP contribution in [0.3, 0.4) is 0 Å². The quantitative estimate of drug-likeness (QED) is 0.771. The molecule has 3 rings (SSSR count). The zero-order chi connectivity index (χ0) is 19.2. The number of rotatable bonds is 7. The molecule has 1 aliphatic heterocycles. The van der Waals surface area contributed by atoms with Crippen molar-refractivity contribution >= 4 is 12.0 Å². The standard InChI is InChI=1S/C21H31N3O3/c1-2-23(15-20(25)26)19-13-17(14-19)22-21(27)24-11-7-6-10-18(24)12-16-8-4-3-5-9-16/h3-5,8-9,17-19H,2,6-7,10-15H2,1H3,(H,22,27)(H,25,26). The molecule has 1 aromatic carbocycles. The summed E-state index contributed by atoms with van der Waals surface area (Å²) in [6.45, 7) is 3.60. The lowest BCUT2D eigenvalue weighted by molar-refractivity contribution is -0.139. The van der Waals surface area contributed by atoms with E-state index in [0.29, 0.717) is 0 Å². The number of nitrogens with one attached hydrogen (secondary N) is 1. The summed E-state index contributed by atoms with van der Waals surface area (Å²) < 4.78 is 0. The smallest absolute Gasteiger partial charge is 0.317 e. The second-order valence-corrected chi connectivity index (χ2v) is 7.76. The van der Waals surface area contributed by atoms with Gasteiger partial charge in [-0.3, -0.25) is 9.69 Å². The molecule has 27 heavy (non-hydrogen) atoms. The Bertz CT molecular complexity index is 631. The number of likely N-dealkylation sites (N-methyl/N-ethyl adjacent to an activating group) is 1. The Morgan fingerprint density at radius 2 is 1.96 bits per heavy atom. The summed E-state index contributed by atoms with van der Waals surface area (Å²) in [4.78, 5) is 27.8. The summed E-state index contributed by atoms with van der Waals surface area (Å²) in [7, 11) is 0. The minimum Gasteiger partial charge on any atom is -0.480 e. The Kier molecular flexibility index (Phi) is 6.72. The van der Waals surface area contributed by atoms with E-state index in [-0.39, 0.29) is 30.7 Å². The second kappa shape index (κ2) is 9.22. The summed E-state index contributed by atoms with van der Waals surface area (Å²) in [5, 5.41) is 12.2. The Morgan fingerprint density at radius 1 is 1.22 bits per heavy atom. The van der Waals surface area contributed by atoms with Gasteiger partial charge in [0.15, 0.2) is 0 Å². The normalized spacial score (nSPS) is 25.1. The third-order valence-electron chi connectivity index (χ3n) is 5.90. The number of piperidine rings is 1. The molecule has 2 fully saturated rings. The highest BCUT2D eigenvalue weighted by Crippen LogP contribution is 2.27. The molecule has 1 atom stereocenters. The van der Waals surface area contributed by atoms with Gasteiger partial charge in [0.25, 0.3) is 0 Å². The first kappa shape index (κ1) is 19.7. The summed E-state index contributed by atoms with van der Waals surface area (Å²) in [6, 6.07) is 11.1. The van der Waals surface area contributed by atoms with Crippen LogP contribution in [0.5, 0.6) is 0 Å². The van der Waals surface area contributed by atoms with Crippen molar-refractivity contribution < 1.29 is 14.7 Å². The highest BCUT2D eigenvalue weighted by atomic mass is 16.4. The fourth-order valence-electron chi connectivity index (χ4n) is 4.30. The van der Waals surface area contributed by atoms with Crippen LogP contribution in [0, 0.1) is 0 Å². The number of hydrogen-bond acceptors (Lipinski definition) is 3. The first-order chi connectivity index (χ1) is 13.1. The number of urea groups is 1. The molecular formula is C21H31N3O3. The van der Waals surface area contributed by atoms with Crippen molar-refractivity contribution in [2.75, 3.05) is 19.6 Å². The van der Waals surface area contributed by atoms with Gasteiger partial charge in [-0.25, -0.2) is 4.79 Å². The Balaban J connectivity index is 1.50. The van der Waals surface area contributed by atoms with Crippen molar-refractivity contribution in [2.24, 2.45) is 0 Å². The summed E-state index contributed by atoms with van der Waals surface area (Å²) in [5.74, 6) is -0.790. The van der Waals surface area contributed by atoms with Crippen molar-refractivity contribution in [1.29, 1.82) is 0 Å². The van der Waals surface area contributed by atoms with Gasteiger partial charge < -0.3 is 15.3 Å². The van der Waals surface area contributed by atoms with Gasteiger partial charge in [-0.15, -0.1) is 0 Å². The van der Waals surface area contributed by atoms with E-state index < -0.39 is 5.97 Å². The molecule has 0 spiro atoms. The molecule has 1 unspecified atom stereocenters. The highest BCUT2D eigenvalue weighted by Gasteiger charge is 2.36. The summed E-state index contributed by atoms with van der Waals surface area (Å²) >= 11 is 0. The van der Waals surface area contributed by atoms with Gasteiger partial charge >= 0.3 is 12.0 Å². The van der Waals surface area contributed by atoms with Crippen molar-refractivity contribution in [2.45, 2.75) is 63.6 Å². The van der Waals surface area contributed by atoms with Gasteiger partial charge in [0.2, 0.25) is 0 Å². The molecule has 6 nitrogen and oxygen atoms in total. The lowest BCUT2D eigenvalue weighted by Gasteiger charge is -2.44. The van der Waals surface area contributed by atoms with Crippen molar-refractivity contribution in [3.63, 3.8) is 0 Å². The molecule has 1 aromatic rings. The molecule has 1 saturated carbocycles. The number of amides is 2. The van der Waals surface area contributed by atoms with E-state index in [0.717, 1.165) is 45.2 Å². The second-order valence-electron chi connectivity index (χ2n) is 7.76. The third kappa shape index (κ3) is 5.22. The van der Waals surface area contributed by atoms with Gasteiger partial charge in [-0.1, -0.05) is 37.3 Å². The number of hydrogen-bond donors (Lipinski definition) is 2. The molecule has 0 aromatic heterocycles. The first-order valence-electron chi connectivity index (χ1n) is 10.1. The van der Waals surface area contributed by atoms with Gasteiger partial charge in [0.05, 0.1) is 6.54 Å². The SMILES string of the molecule is CCN(CC(=O)O)C1CC(NC(=O)N2CCCCC2Cc2ccccc2)C1. The fourth-order valence-corrected chi connectivity index (χ4v) is 4.30. The molecule has 2 aliphatic rings. The van der Waals surface area contributed by atoms with E-state index in [9.17, 15) is 9.59 Å². The van der Waals surface area contributed by atoms with E-state index in [4.69, 9.17) is 5.11 Å². The zero-order valence-electron chi connectivity index (χ0n) is 16.1. The molecule has 0 bridgehead atoms. The number of nitrogens with zero attached hydrogens (tertiary/aromatic N) is 2. The number of aliphatic carboxylic acids is 1. The number of benzene rings is 1. The van der Waals surface area contributed by atoms with E-state index >= 15 is 0 Å². The van der Waals surface area contributed by atoms with Gasteiger partial charge in [0, 0.05) is 24.7 Å². The minimum absolute atomic E-state index is 0.0420. The van der Waals surface area contributed by atoms with Crippen LogP contribution in [0.15, 0.2) is 30.3 Å². The van der Waals surface area contributed by atoms with E-state index in [1.165, 1.54) is 12.0 Å². The van der Waals surface area contributed by atoms with Crippen molar-refractivity contribution in [3.8, 4) is 0 Å². The Hall–Kier alpha value is -2.08. The third-order valence-corrected chi connectivity index (χ3v) is 5.90. The highest BCUT2D eigenvalue weighted by molar-refractivity contribution is 5.75. The molecule has 1 heterocycles. The van der Waals surface area contributed by atoms with E-state index in [1.54, 1.807) is 0 Å². The van der Waals surface area contributed by atoms with Crippen LogP contribution >= 0.6 is 0 Å². The maximum absolute atomic E-state index is 12.8. The van der Waals surface area contributed by atoms with Gasteiger partial charge in [0.1, 0.15) is 0 Å². The maximum Gasteiger partial charge on any atom is 0.317 e. The van der Waals surface area contributed by atoms with Crippen molar-refractivity contribution in [3.05, 3.63) is 35.9 Å². The van der Waals surface area contributed by atoms with Crippen LogP contribution < -0.4 is 5.32 Å². The zero-order valence-corrected chi connectivity index (χ0v) is 16.1. The molecular weight excluding hydrogens is 342 g/mol. The van der Waals surface area contributed by atoms with Crippen LogP contribution in [-0.4, -0.2) is 64.7 Å². The molecule has 2 N–H and O–H groups in total. The monoisotopic (exact) mass is 373 g/mol. The predicted octanol–water partition coefficient (Wildman–Crippen LogP) is 2.73. The lowest BCUT2D eigenvalue weighted by Crippen LogP contribution is -2.58. The summed E-state index contributed by atoms with van der Waals surface area (Å²) in [5.41, 5.74) is 1.28. The molecule has 6 heteroatoms. The van der Waals surface area contributed by atoms with Crippen LogP contribution in [0.4, 0.5) is 4.79 Å². The van der Waals surface area contributed by atoms with Gasteiger partial charge in [-0.05, 0) is 50.6 Å². The predicted molar refractivity (Wildman–Crippen MR) is 105 cm³/mol. The average molecular weight is 373 g/mol. The minimum atomic E-state index is -0.790. The Labute approximate surface area is 161 Å². The molecule has 148 valence electrons. The molecule has 1 saturated heterocycles. The van der Waals surface area contributed by atoms with E-state index in [1.807, 2.05) is 34.9 Å². The van der Waals surface area contributed by atoms with Crippen LogP contribution in [0.2, 0.25) is 0 Å². The number of likely N-dealkylation sites (tertiary alicyclic amines) is 1. The van der Waals surface area contributed by atoms with E-state index in [2.05, 4.69) is 17.4 Å². The maximum atomic E-state index is 12.8.